The first-order valence-corrected chi connectivity index (χ1v) is 12.2. The third-order valence-electron chi connectivity index (χ3n) is 5.45. The van der Waals surface area contributed by atoms with E-state index in [0.717, 1.165) is 19.4 Å². The Morgan fingerprint density at radius 1 is 1.30 bits per heavy atom. The number of hydrogen-bond acceptors (Lipinski definition) is 7. The van der Waals surface area contributed by atoms with Gasteiger partial charge < -0.3 is 9.15 Å². The van der Waals surface area contributed by atoms with Crippen molar-refractivity contribution < 1.29 is 22.4 Å². The Kier molecular flexibility index (Phi) is 7.33. The largest absolute Gasteiger partial charge is 0.466 e. The van der Waals surface area contributed by atoms with E-state index in [1.165, 1.54) is 4.31 Å². The zero-order valence-electron chi connectivity index (χ0n) is 17.7. The van der Waals surface area contributed by atoms with E-state index in [9.17, 15) is 13.2 Å². The second-order valence-electron chi connectivity index (χ2n) is 7.32. The molecule has 0 N–H and O–H groups in total. The first-order valence-electron chi connectivity index (χ1n) is 10.3. The van der Waals surface area contributed by atoms with Gasteiger partial charge >= 0.3 is 5.97 Å². The number of likely N-dealkylation sites (tertiary alicyclic amines) is 1. The number of esters is 1. The lowest BCUT2D eigenvalue weighted by Crippen LogP contribution is -2.40. The topological polar surface area (TPSA) is 85.0 Å². The maximum absolute atomic E-state index is 12.9. The molecule has 1 aliphatic rings. The quantitative estimate of drug-likeness (QED) is 0.446. The Bertz CT molecular complexity index is 1060. The van der Waals surface area contributed by atoms with Crippen molar-refractivity contribution in [1.82, 2.24) is 13.8 Å². The van der Waals surface area contributed by atoms with Crippen LogP contribution in [0.15, 0.2) is 27.5 Å². The summed E-state index contributed by atoms with van der Waals surface area (Å²) in [7, 11) is -3.59. The highest BCUT2D eigenvalue weighted by molar-refractivity contribution is 7.89. The SMILES string of the molecule is CCOC(=O)C1CCCN(Cn2c(=S)oc3ccc(S(=O)(=O)N(CC)CC)cc32)C1. The minimum absolute atomic E-state index is 0.162. The molecule has 30 heavy (non-hydrogen) atoms. The molecule has 2 aromatic rings. The Balaban J connectivity index is 1.90. The van der Waals surface area contributed by atoms with E-state index in [-0.39, 0.29) is 21.6 Å². The van der Waals surface area contributed by atoms with Crippen molar-refractivity contribution in [3.8, 4) is 0 Å². The molecule has 0 saturated carbocycles. The zero-order chi connectivity index (χ0) is 21.9. The zero-order valence-corrected chi connectivity index (χ0v) is 19.3. The number of piperidine rings is 1. The fourth-order valence-corrected chi connectivity index (χ4v) is 5.61. The summed E-state index contributed by atoms with van der Waals surface area (Å²) in [5, 5.41) is 0. The fraction of sp³-hybridized carbons (Fsp3) is 0.600. The highest BCUT2D eigenvalue weighted by Crippen LogP contribution is 2.25. The molecule has 10 heteroatoms. The number of rotatable bonds is 8. The Morgan fingerprint density at radius 2 is 2.03 bits per heavy atom. The maximum Gasteiger partial charge on any atom is 0.310 e. The second kappa shape index (κ2) is 9.59. The summed E-state index contributed by atoms with van der Waals surface area (Å²) in [5.41, 5.74) is 1.17. The van der Waals surface area contributed by atoms with Crippen LogP contribution < -0.4 is 0 Å². The summed E-state index contributed by atoms with van der Waals surface area (Å²) < 4.78 is 39.9. The van der Waals surface area contributed by atoms with Gasteiger partial charge in [0.15, 0.2) is 5.58 Å². The summed E-state index contributed by atoms with van der Waals surface area (Å²) >= 11 is 5.40. The van der Waals surface area contributed by atoms with Crippen molar-refractivity contribution in [3.05, 3.63) is 23.0 Å². The molecule has 1 aliphatic heterocycles. The molecule has 0 aliphatic carbocycles. The van der Waals surface area contributed by atoms with Gasteiger partial charge in [0.2, 0.25) is 10.0 Å². The number of oxazole rings is 1. The van der Waals surface area contributed by atoms with E-state index in [0.29, 0.717) is 44.0 Å². The average Bonchev–Trinajstić information content (AvgIpc) is 3.03. The molecule has 0 radical (unpaired) electrons. The minimum atomic E-state index is -3.59. The average molecular weight is 456 g/mol. The van der Waals surface area contributed by atoms with Crippen molar-refractivity contribution in [2.75, 3.05) is 32.8 Å². The van der Waals surface area contributed by atoms with Crippen LogP contribution in [-0.4, -0.2) is 60.9 Å². The molecule has 3 rings (SSSR count). The summed E-state index contributed by atoms with van der Waals surface area (Å²) in [6, 6.07) is 4.82. The number of fused-ring (bicyclic) bond motifs is 1. The van der Waals surface area contributed by atoms with Crippen LogP contribution in [0.1, 0.15) is 33.6 Å². The molecule has 1 unspecified atom stereocenters. The normalized spacial score (nSPS) is 18.2. The van der Waals surface area contributed by atoms with Crippen molar-refractivity contribution in [2.45, 2.75) is 45.2 Å². The molecule has 166 valence electrons. The van der Waals surface area contributed by atoms with Crippen LogP contribution in [0.2, 0.25) is 0 Å². The molecule has 0 spiro atoms. The van der Waals surface area contributed by atoms with Crippen LogP contribution in [0.5, 0.6) is 0 Å². The summed E-state index contributed by atoms with van der Waals surface area (Å²) in [5.74, 6) is -0.333. The van der Waals surface area contributed by atoms with Gasteiger partial charge in [-0.05, 0) is 56.7 Å². The van der Waals surface area contributed by atoms with Gasteiger partial charge in [0, 0.05) is 19.6 Å². The molecule has 0 amide bonds. The molecule has 2 heterocycles. The second-order valence-corrected chi connectivity index (χ2v) is 9.61. The predicted octanol–water partition coefficient (Wildman–Crippen LogP) is 3.23. The van der Waals surface area contributed by atoms with E-state index in [2.05, 4.69) is 4.90 Å². The predicted molar refractivity (Wildman–Crippen MR) is 116 cm³/mol. The molecule has 8 nitrogen and oxygen atoms in total. The lowest BCUT2D eigenvalue weighted by molar-refractivity contribution is -0.150. The molecule has 1 atom stereocenters. The Morgan fingerprint density at radius 3 is 2.70 bits per heavy atom. The van der Waals surface area contributed by atoms with E-state index in [4.69, 9.17) is 21.4 Å². The first kappa shape index (κ1) is 22.9. The van der Waals surface area contributed by atoms with Crippen LogP contribution in [0, 0.1) is 10.8 Å². The van der Waals surface area contributed by atoms with Gasteiger partial charge in [-0.2, -0.15) is 4.31 Å². The van der Waals surface area contributed by atoms with Crippen molar-refractivity contribution in [2.24, 2.45) is 5.92 Å². The molecule has 1 fully saturated rings. The number of sulfonamides is 1. The van der Waals surface area contributed by atoms with Gasteiger partial charge in [0.1, 0.15) is 0 Å². The maximum atomic E-state index is 12.9. The fourth-order valence-electron chi connectivity index (χ4n) is 3.89. The van der Waals surface area contributed by atoms with E-state index >= 15 is 0 Å². The minimum Gasteiger partial charge on any atom is -0.466 e. The van der Waals surface area contributed by atoms with Crippen LogP contribution >= 0.6 is 12.2 Å². The molecule has 1 aromatic carbocycles. The monoisotopic (exact) mass is 455 g/mol. The van der Waals surface area contributed by atoms with Crippen LogP contribution in [-0.2, 0) is 26.2 Å². The first-order chi connectivity index (χ1) is 14.3. The van der Waals surface area contributed by atoms with Crippen molar-refractivity contribution in [3.63, 3.8) is 0 Å². The lowest BCUT2D eigenvalue weighted by Gasteiger charge is -2.31. The number of nitrogens with zero attached hydrogens (tertiary/aromatic N) is 3. The number of aromatic nitrogens is 1. The standard InChI is InChI=1S/C20H29N3O5S2/c1-4-22(5-2)30(25,26)16-9-10-18-17(12-16)23(20(29)28-18)14-21-11-7-8-15(13-21)19(24)27-6-3/h9-10,12,15H,4-8,11,13-14H2,1-3H3. The molecule has 0 bridgehead atoms. The Labute approximate surface area is 182 Å². The third kappa shape index (κ3) is 4.61. The molecular formula is C20H29N3O5S2. The number of carbonyl (C=O) groups is 1. The number of benzene rings is 1. The van der Waals surface area contributed by atoms with Crippen molar-refractivity contribution >= 4 is 39.3 Å². The lowest BCUT2D eigenvalue weighted by atomic mass is 9.98. The van der Waals surface area contributed by atoms with Gasteiger partial charge in [-0.15, -0.1) is 0 Å². The van der Waals surface area contributed by atoms with Crippen LogP contribution in [0.3, 0.4) is 0 Å². The van der Waals surface area contributed by atoms with Gasteiger partial charge in [-0.25, -0.2) is 8.42 Å². The van der Waals surface area contributed by atoms with Gasteiger partial charge in [0.25, 0.3) is 4.84 Å². The molecular weight excluding hydrogens is 426 g/mol. The van der Waals surface area contributed by atoms with E-state index in [1.54, 1.807) is 29.7 Å². The van der Waals surface area contributed by atoms with E-state index < -0.39 is 10.0 Å². The van der Waals surface area contributed by atoms with Crippen LogP contribution in [0.25, 0.3) is 11.1 Å². The highest BCUT2D eigenvalue weighted by Gasteiger charge is 2.28. The third-order valence-corrected chi connectivity index (χ3v) is 7.80. The Hall–Kier alpha value is -1.75. The number of ether oxygens (including phenoxy) is 1. The van der Waals surface area contributed by atoms with Crippen molar-refractivity contribution in [1.29, 1.82) is 0 Å². The van der Waals surface area contributed by atoms with Gasteiger partial charge in [-0.3, -0.25) is 14.3 Å². The summed E-state index contributed by atoms with van der Waals surface area (Å²) in [6.45, 7) is 8.43. The van der Waals surface area contributed by atoms with Gasteiger partial charge in [-0.1, -0.05) is 13.8 Å². The highest BCUT2D eigenvalue weighted by atomic mass is 32.2. The van der Waals surface area contributed by atoms with Crippen LogP contribution in [0.4, 0.5) is 0 Å². The number of hydrogen-bond donors (Lipinski definition) is 0. The molecule has 1 aromatic heterocycles. The number of carbonyl (C=O) groups excluding carboxylic acids is 1. The van der Waals surface area contributed by atoms with Gasteiger partial charge in [0.05, 0.1) is 29.6 Å². The summed E-state index contributed by atoms with van der Waals surface area (Å²) in [6.07, 6.45) is 1.69. The smallest absolute Gasteiger partial charge is 0.310 e. The van der Waals surface area contributed by atoms with E-state index in [1.807, 2.05) is 13.8 Å². The summed E-state index contributed by atoms with van der Waals surface area (Å²) in [4.78, 5) is 14.8. The molecule has 1 saturated heterocycles.